The molecule has 0 saturated heterocycles. The molecule has 0 unspecified atom stereocenters. The van der Waals surface area contributed by atoms with E-state index in [1.165, 1.54) is 13.1 Å². The van der Waals surface area contributed by atoms with Crippen molar-refractivity contribution in [1.29, 1.82) is 5.26 Å². The summed E-state index contributed by atoms with van der Waals surface area (Å²) in [5.74, 6) is -0.229. The molecule has 9 heavy (non-hydrogen) atoms. The fourth-order valence-electron chi connectivity index (χ4n) is 0.316. The third kappa shape index (κ3) is 2.50. The average Bonchev–Trinajstić information content (AvgIpc) is 1.87. The van der Waals surface area contributed by atoms with Gasteiger partial charge in [-0.05, 0) is 0 Å². The van der Waals surface area contributed by atoms with E-state index in [1.54, 1.807) is 6.19 Å². The molecule has 0 rings (SSSR count). The van der Waals surface area contributed by atoms with Gasteiger partial charge in [-0.15, -0.1) is 6.58 Å². The lowest BCUT2D eigenvalue weighted by Gasteiger charge is -2.01. The number of carbonyl (C=O) groups excluding carboxylic acids is 1. The summed E-state index contributed by atoms with van der Waals surface area (Å²) in [5, 5.41) is 8.15. The van der Waals surface area contributed by atoms with Crippen LogP contribution in [0.5, 0.6) is 0 Å². The van der Waals surface area contributed by atoms with Crippen LogP contribution in [0.3, 0.4) is 0 Å². The first-order valence-electron chi connectivity index (χ1n) is 2.49. The molecule has 0 aliphatic heterocycles. The first-order valence-corrected chi connectivity index (χ1v) is 2.49. The molecule has 0 heterocycles. The molecule has 0 spiro atoms. The predicted molar refractivity (Wildman–Crippen MR) is 33.2 cm³/mol. The number of carbonyl (C=O) groups is 1. The predicted octanol–water partition coefficient (Wildman–Crippen LogP) is 0.502. The van der Waals surface area contributed by atoms with Gasteiger partial charge in [-0.1, -0.05) is 6.08 Å². The summed E-state index contributed by atoms with van der Waals surface area (Å²) in [5.41, 5.74) is 0. The van der Waals surface area contributed by atoms with E-state index in [1.807, 2.05) is 0 Å². The standard InChI is InChI=1S/C6H8N2O/c1-3-4-6(9)8(2)5-7/h3H,1,4H2,2H3. The Balaban J connectivity index is 3.76. The van der Waals surface area contributed by atoms with Crippen LogP contribution < -0.4 is 0 Å². The Labute approximate surface area is 54.2 Å². The lowest BCUT2D eigenvalue weighted by molar-refractivity contribution is -0.126. The van der Waals surface area contributed by atoms with Gasteiger partial charge in [0.2, 0.25) is 5.91 Å². The molecular weight excluding hydrogens is 116 g/mol. The van der Waals surface area contributed by atoms with Crippen molar-refractivity contribution in [2.45, 2.75) is 6.42 Å². The van der Waals surface area contributed by atoms with Crippen LogP contribution in [-0.4, -0.2) is 17.9 Å². The van der Waals surface area contributed by atoms with Gasteiger partial charge in [-0.25, -0.2) is 0 Å². The zero-order chi connectivity index (χ0) is 7.28. The molecule has 0 radical (unpaired) electrons. The van der Waals surface area contributed by atoms with Crippen LogP contribution in [-0.2, 0) is 4.79 Å². The van der Waals surface area contributed by atoms with Gasteiger partial charge in [0.1, 0.15) is 0 Å². The summed E-state index contributed by atoms with van der Waals surface area (Å²) in [6.07, 6.45) is 3.38. The number of nitrogens with zero attached hydrogens (tertiary/aromatic N) is 2. The second-order valence-corrected chi connectivity index (χ2v) is 1.55. The molecule has 0 fully saturated rings. The largest absolute Gasteiger partial charge is 0.273 e. The highest BCUT2D eigenvalue weighted by Gasteiger charge is 2.02. The molecule has 48 valence electrons. The Kier molecular flexibility index (Phi) is 3.14. The van der Waals surface area contributed by atoms with Crippen LogP contribution in [0, 0.1) is 11.5 Å². The second kappa shape index (κ2) is 3.67. The fraction of sp³-hybridized carbons (Fsp3) is 0.333. The van der Waals surface area contributed by atoms with E-state index < -0.39 is 0 Å². The van der Waals surface area contributed by atoms with Crippen molar-refractivity contribution in [3.05, 3.63) is 12.7 Å². The van der Waals surface area contributed by atoms with E-state index in [0.717, 1.165) is 4.90 Å². The maximum Gasteiger partial charge on any atom is 0.239 e. The Morgan fingerprint density at radius 1 is 2.00 bits per heavy atom. The van der Waals surface area contributed by atoms with Gasteiger partial charge >= 0.3 is 0 Å². The summed E-state index contributed by atoms with van der Waals surface area (Å²) < 4.78 is 0. The normalized spacial score (nSPS) is 7.56. The van der Waals surface area contributed by atoms with Gasteiger partial charge in [0.05, 0.1) is 0 Å². The van der Waals surface area contributed by atoms with Crippen LogP contribution in [0.1, 0.15) is 6.42 Å². The van der Waals surface area contributed by atoms with Gasteiger partial charge in [0.15, 0.2) is 6.19 Å². The van der Waals surface area contributed by atoms with Gasteiger partial charge < -0.3 is 0 Å². The fourth-order valence-corrected chi connectivity index (χ4v) is 0.316. The first kappa shape index (κ1) is 7.70. The number of hydrogen-bond donors (Lipinski definition) is 0. The molecule has 0 aliphatic carbocycles. The molecule has 3 nitrogen and oxygen atoms in total. The zero-order valence-corrected chi connectivity index (χ0v) is 5.29. The van der Waals surface area contributed by atoms with E-state index in [0.29, 0.717) is 0 Å². The van der Waals surface area contributed by atoms with Crippen LogP contribution in [0.15, 0.2) is 12.7 Å². The number of amides is 1. The highest BCUT2D eigenvalue weighted by atomic mass is 16.2. The maximum absolute atomic E-state index is 10.6. The summed E-state index contributed by atoms with van der Waals surface area (Å²) in [6.45, 7) is 3.36. The van der Waals surface area contributed by atoms with Crippen LogP contribution in [0.25, 0.3) is 0 Å². The van der Waals surface area contributed by atoms with Crippen molar-refractivity contribution in [1.82, 2.24) is 4.90 Å². The lowest BCUT2D eigenvalue weighted by Crippen LogP contribution is -2.19. The monoisotopic (exact) mass is 124 g/mol. The van der Waals surface area contributed by atoms with Crippen LogP contribution in [0.2, 0.25) is 0 Å². The summed E-state index contributed by atoms with van der Waals surface area (Å²) in [7, 11) is 1.42. The average molecular weight is 124 g/mol. The molecule has 0 N–H and O–H groups in total. The minimum atomic E-state index is -0.229. The molecule has 0 aromatic heterocycles. The number of nitriles is 1. The topological polar surface area (TPSA) is 44.1 Å². The third-order valence-electron chi connectivity index (χ3n) is 0.843. The van der Waals surface area contributed by atoms with Gasteiger partial charge in [0.25, 0.3) is 0 Å². The summed E-state index contributed by atoms with van der Waals surface area (Å²) >= 11 is 0. The molecular formula is C6H8N2O. The molecule has 0 aromatic rings. The molecule has 0 aromatic carbocycles. The van der Waals surface area contributed by atoms with Crippen molar-refractivity contribution in [2.75, 3.05) is 7.05 Å². The van der Waals surface area contributed by atoms with Gasteiger partial charge in [-0.2, -0.15) is 5.26 Å². The zero-order valence-electron chi connectivity index (χ0n) is 5.29. The van der Waals surface area contributed by atoms with E-state index in [4.69, 9.17) is 5.26 Å². The van der Waals surface area contributed by atoms with Crippen LogP contribution >= 0.6 is 0 Å². The minimum Gasteiger partial charge on any atom is -0.273 e. The number of hydrogen-bond acceptors (Lipinski definition) is 2. The van der Waals surface area contributed by atoms with Crippen molar-refractivity contribution in [2.24, 2.45) is 0 Å². The highest BCUT2D eigenvalue weighted by Crippen LogP contribution is 1.87. The smallest absolute Gasteiger partial charge is 0.239 e. The van der Waals surface area contributed by atoms with Gasteiger partial charge in [0, 0.05) is 13.5 Å². The Bertz CT molecular complexity index is 157. The molecule has 0 saturated carbocycles. The quantitative estimate of drug-likeness (QED) is 0.305. The minimum absolute atomic E-state index is 0.226. The second-order valence-electron chi connectivity index (χ2n) is 1.55. The van der Waals surface area contributed by atoms with E-state index in [-0.39, 0.29) is 12.3 Å². The van der Waals surface area contributed by atoms with Crippen LogP contribution in [0.4, 0.5) is 0 Å². The number of rotatable bonds is 2. The van der Waals surface area contributed by atoms with E-state index in [9.17, 15) is 4.79 Å². The highest BCUT2D eigenvalue weighted by molar-refractivity contribution is 5.78. The first-order chi connectivity index (χ1) is 4.22. The lowest BCUT2D eigenvalue weighted by atomic mass is 10.4. The molecule has 3 heteroatoms. The Morgan fingerprint density at radius 2 is 2.56 bits per heavy atom. The summed E-state index contributed by atoms with van der Waals surface area (Å²) in [4.78, 5) is 11.6. The van der Waals surface area contributed by atoms with Crippen molar-refractivity contribution in [3.63, 3.8) is 0 Å². The molecule has 1 amide bonds. The summed E-state index contributed by atoms with van der Waals surface area (Å²) in [6, 6.07) is 0. The Morgan fingerprint density at radius 3 is 2.89 bits per heavy atom. The molecule has 0 aliphatic rings. The van der Waals surface area contributed by atoms with Crippen molar-refractivity contribution >= 4 is 5.91 Å². The SMILES string of the molecule is C=CCC(=O)N(C)C#N. The van der Waals surface area contributed by atoms with Crippen molar-refractivity contribution in [3.8, 4) is 6.19 Å². The van der Waals surface area contributed by atoms with E-state index >= 15 is 0 Å². The Hall–Kier alpha value is -1.30. The van der Waals surface area contributed by atoms with E-state index in [2.05, 4.69) is 6.58 Å². The third-order valence-corrected chi connectivity index (χ3v) is 0.843. The van der Waals surface area contributed by atoms with Crippen molar-refractivity contribution < 1.29 is 4.79 Å². The molecule has 0 atom stereocenters. The van der Waals surface area contributed by atoms with Gasteiger partial charge in [-0.3, -0.25) is 9.69 Å². The maximum atomic E-state index is 10.6. The molecule has 0 bridgehead atoms.